The lowest BCUT2D eigenvalue weighted by Gasteiger charge is -2.21. The zero-order chi connectivity index (χ0) is 16.1. The van der Waals surface area contributed by atoms with Crippen molar-refractivity contribution >= 4 is 10.0 Å². The molecular weight excluding hydrogens is 286 g/mol. The van der Waals surface area contributed by atoms with Crippen molar-refractivity contribution in [3.05, 3.63) is 29.8 Å². The normalized spacial score (nSPS) is 12.9. The van der Waals surface area contributed by atoms with Gasteiger partial charge >= 0.3 is 0 Å². The van der Waals surface area contributed by atoms with Crippen molar-refractivity contribution < 1.29 is 13.5 Å². The predicted octanol–water partition coefficient (Wildman–Crippen LogP) is 2.89. The maximum absolute atomic E-state index is 12.1. The molecule has 0 radical (unpaired) electrons. The maximum Gasteiger partial charge on any atom is 0.240 e. The molecule has 1 aromatic rings. The number of aliphatic hydroxyl groups is 1. The summed E-state index contributed by atoms with van der Waals surface area (Å²) in [5, 5.41) is 9.16. The standard InChI is InChI=1S/C16H27NO3S/c1-13(2)14-6-8-15(9-7-14)21(19,20)17-11-5-10-16(3,4)12-18/h6-9,13,17-18H,5,10-12H2,1-4H3. The van der Waals surface area contributed by atoms with Crippen molar-refractivity contribution in [2.24, 2.45) is 5.41 Å². The van der Waals surface area contributed by atoms with Gasteiger partial charge in [-0.1, -0.05) is 39.8 Å². The first-order valence-electron chi connectivity index (χ1n) is 7.38. The molecule has 0 spiro atoms. The zero-order valence-electron chi connectivity index (χ0n) is 13.4. The first-order valence-corrected chi connectivity index (χ1v) is 8.87. The number of nitrogens with one attached hydrogen (secondary N) is 1. The van der Waals surface area contributed by atoms with Crippen LogP contribution in [0.15, 0.2) is 29.2 Å². The lowest BCUT2D eigenvalue weighted by atomic mass is 9.89. The summed E-state index contributed by atoms with van der Waals surface area (Å²) >= 11 is 0. The molecule has 4 nitrogen and oxygen atoms in total. The summed E-state index contributed by atoms with van der Waals surface area (Å²) in [4.78, 5) is 0.299. The van der Waals surface area contributed by atoms with Crippen LogP contribution < -0.4 is 4.72 Å². The minimum atomic E-state index is -3.44. The highest BCUT2D eigenvalue weighted by Crippen LogP contribution is 2.21. The quantitative estimate of drug-likeness (QED) is 0.725. The first-order chi connectivity index (χ1) is 9.68. The van der Waals surface area contributed by atoms with Gasteiger partial charge in [-0.15, -0.1) is 0 Å². The third-order valence-electron chi connectivity index (χ3n) is 3.61. The van der Waals surface area contributed by atoms with Gasteiger partial charge < -0.3 is 5.11 Å². The summed E-state index contributed by atoms with van der Waals surface area (Å²) in [6, 6.07) is 7.01. The molecule has 0 aliphatic carbocycles. The number of hydrogen-bond donors (Lipinski definition) is 2. The lowest BCUT2D eigenvalue weighted by Crippen LogP contribution is -2.26. The van der Waals surface area contributed by atoms with Gasteiger partial charge in [0.15, 0.2) is 0 Å². The van der Waals surface area contributed by atoms with Crippen LogP contribution in [0.2, 0.25) is 0 Å². The molecule has 0 aromatic heterocycles. The second-order valence-corrected chi connectivity index (χ2v) is 8.31. The van der Waals surface area contributed by atoms with Gasteiger partial charge in [-0.3, -0.25) is 0 Å². The molecule has 0 amide bonds. The van der Waals surface area contributed by atoms with Gasteiger partial charge in [-0.2, -0.15) is 0 Å². The Kier molecular flexibility index (Phi) is 6.38. The fraction of sp³-hybridized carbons (Fsp3) is 0.625. The topological polar surface area (TPSA) is 66.4 Å². The third kappa shape index (κ3) is 5.77. The maximum atomic E-state index is 12.1. The Labute approximate surface area is 128 Å². The molecule has 2 N–H and O–H groups in total. The van der Waals surface area contributed by atoms with Crippen molar-refractivity contribution in [2.75, 3.05) is 13.2 Å². The Hall–Kier alpha value is -0.910. The van der Waals surface area contributed by atoms with Crippen LogP contribution in [0.1, 0.15) is 52.0 Å². The fourth-order valence-electron chi connectivity index (χ4n) is 1.97. The van der Waals surface area contributed by atoms with E-state index in [9.17, 15) is 8.42 Å². The Morgan fingerprint density at radius 3 is 2.24 bits per heavy atom. The minimum Gasteiger partial charge on any atom is -0.396 e. The van der Waals surface area contributed by atoms with E-state index < -0.39 is 10.0 Å². The predicted molar refractivity (Wildman–Crippen MR) is 85.8 cm³/mol. The van der Waals surface area contributed by atoms with Gasteiger partial charge in [-0.25, -0.2) is 13.1 Å². The molecule has 0 heterocycles. The fourth-order valence-corrected chi connectivity index (χ4v) is 3.04. The Morgan fingerprint density at radius 1 is 1.19 bits per heavy atom. The Bertz CT molecular complexity index is 533. The molecule has 0 unspecified atom stereocenters. The van der Waals surface area contributed by atoms with E-state index in [1.165, 1.54) is 0 Å². The number of hydrogen-bond acceptors (Lipinski definition) is 3. The van der Waals surface area contributed by atoms with E-state index >= 15 is 0 Å². The van der Waals surface area contributed by atoms with Crippen molar-refractivity contribution in [1.82, 2.24) is 4.72 Å². The van der Waals surface area contributed by atoms with Gasteiger partial charge in [0.1, 0.15) is 0 Å². The summed E-state index contributed by atoms with van der Waals surface area (Å²) in [5.41, 5.74) is 0.961. The van der Waals surface area contributed by atoms with Crippen LogP contribution in [-0.2, 0) is 10.0 Å². The van der Waals surface area contributed by atoms with Gasteiger partial charge in [0.2, 0.25) is 10.0 Å². The molecule has 5 heteroatoms. The van der Waals surface area contributed by atoms with E-state index in [0.29, 0.717) is 23.8 Å². The third-order valence-corrected chi connectivity index (χ3v) is 5.08. The van der Waals surface area contributed by atoms with E-state index in [1.54, 1.807) is 12.1 Å². The van der Waals surface area contributed by atoms with Crippen LogP contribution in [0.25, 0.3) is 0 Å². The van der Waals surface area contributed by atoms with Crippen molar-refractivity contribution in [3.8, 4) is 0 Å². The summed E-state index contributed by atoms with van der Waals surface area (Å²) in [6.45, 7) is 8.57. The number of aliphatic hydroxyl groups excluding tert-OH is 1. The van der Waals surface area contributed by atoms with Crippen LogP contribution in [0.3, 0.4) is 0 Å². The Balaban J connectivity index is 2.57. The van der Waals surface area contributed by atoms with Crippen LogP contribution >= 0.6 is 0 Å². The van der Waals surface area contributed by atoms with Crippen LogP contribution in [0.5, 0.6) is 0 Å². The average Bonchev–Trinajstić information content (AvgIpc) is 2.44. The van der Waals surface area contributed by atoms with Crippen LogP contribution in [0.4, 0.5) is 0 Å². The van der Waals surface area contributed by atoms with E-state index in [2.05, 4.69) is 18.6 Å². The highest BCUT2D eigenvalue weighted by molar-refractivity contribution is 7.89. The lowest BCUT2D eigenvalue weighted by molar-refractivity contribution is 0.148. The molecular formula is C16H27NO3S. The molecule has 1 rings (SSSR count). The largest absolute Gasteiger partial charge is 0.396 e. The SMILES string of the molecule is CC(C)c1ccc(S(=O)(=O)NCCCC(C)(C)CO)cc1. The monoisotopic (exact) mass is 313 g/mol. The highest BCUT2D eigenvalue weighted by Gasteiger charge is 2.17. The van der Waals surface area contributed by atoms with Crippen LogP contribution in [0, 0.1) is 5.41 Å². The average molecular weight is 313 g/mol. The van der Waals surface area contributed by atoms with Gasteiger partial charge in [0.05, 0.1) is 4.90 Å². The molecule has 0 aliphatic heterocycles. The van der Waals surface area contributed by atoms with E-state index in [-0.39, 0.29) is 12.0 Å². The second kappa shape index (κ2) is 7.38. The molecule has 0 fully saturated rings. The first kappa shape index (κ1) is 18.1. The summed E-state index contributed by atoms with van der Waals surface area (Å²) in [6.07, 6.45) is 1.48. The molecule has 1 aromatic carbocycles. The summed E-state index contributed by atoms with van der Waals surface area (Å²) < 4.78 is 26.9. The Morgan fingerprint density at radius 2 is 1.76 bits per heavy atom. The van der Waals surface area contributed by atoms with Crippen molar-refractivity contribution in [2.45, 2.75) is 51.3 Å². The molecule has 0 saturated carbocycles. The van der Waals surface area contributed by atoms with E-state index in [1.807, 2.05) is 26.0 Å². The number of benzene rings is 1. The number of rotatable bonds is 8. The molecule has 0 atom stereocenters. The highest BCUT2D eigenvalue weighted by atomic mass is 32.2. The number of sulfonamides is 1. The second-order valence-electron chi connectivity index (χ2n) is 6.55. The zero-order valence-corrected chi connectivity index (χ0v) is 14.2. The van der Waals surface area contributed by atoms with Crippen molar-refractivity contribution in [1.29, 1.82) is 0 Å². The van der Waals surface area contributed by atoms with Gasteiger partial charge in [-0.05, 0) is 41.9 Å². The van der Waals surface area contributed by atoms with Gasteiger partial charge in [0, 0.05) is 13.2 Å². The van der Waals surface area contributed by atoms with E-state index in [4.69, 9.17) is 5.11 Å². The molecule has 0 aliphatic rings. The smallest absolute Gasteiger partial charge is 0.240 e. The van der Waals surface area contributed by atoms with Crippen LogP contribution in [-0.4, -0.2) is 26.7 Å². The minimum absolute atomic E-state index is 0.108. The molecule has 120 valence electrons. The summed E-state index contributed by atoms with van der Waals surface area (Å²) in [7, 11) is -3.44. The molecule has 21 heavy (non-hydrogen) atoms. The summed E-state index contributed by atoms with van der Waals surface area (Å²) in [5.74, 6) is 0.385. The van der Waals surface area contributed by atoms with Gasteiger partial charge in [0.25, 0.3) is 0 Å². The van der Waals surface area contributed by atoms with E-state index in [0.717, 1.165) is 12.0 Å². The molecule has 0 bridgehead atoms. The van der Waals surface area contributed by atoms with Crippen molar-refractivity contribution in [3.63, 3.8) is 0 Å². The molecule has 0 saturated heterocycles.